The second-order valence-corrected chi connectivity index (χ2v) is 9.31. The Labute approximate surface area is 193 Å². The van der Waals surface area contributed by atoms with E-state index in [-0.39, 0.29) is 17.5 Å². The minimum absolute atomic E-state index is 0.163. The predicted molar refractivity (Wildman–Crippen MR) is 127 cm³/mol. The molecule has 0 saturated heterocycles. The molecule has 0 bridgehead atoms. The summed E-state index contributed by atoms with van der Waals surface area (Å²) in [5.41, 5.74) is 4.75. The molecule has 2 aromatic heterocycles. The summed E-state index contributed by atoms with van der Waals surface area (Å²) in [4.78, 5) is 12.5. The van der Waals surface area contributed by atoms with Crippen LogP contribution in [0.25, 0.3) is 5.69 Å². The van der Waals surface area contributed by atoms with Gasteiger partial charge in [0.05, 0.1) is 34.2 Å². The van der Waals surface area contributed by atoms with E-state index in [4.69, 9.17) is 0 Å². The van der Waals surface area contributed by atoms with Crippen molar-refractivity contribution in [3.63, 3.8) is 0 Å². The minimum atomic E-state index is -0.367. The largest absolute Gasteiger partial charge is 0.328 e. The standard InChI is InChI=1S/C22H21FN6OS2/c1-13-8-10-16(11-9-13)29-15(3)20(14(2)28-29)25-19(30)12-31-22-27-26-21(32-22)24-18-7-5-4-6-17(18)23/h4-11H,12H2,1-3H3,(H,24,26)(H,25,30). The number of halogens is 1. The molecule has 32 heavy (non-hydrogen) atoms. The van der Waals surface area contributed by atoms with E-state index in [1.165, 1.54) is 34.7 Å². The van der Waals surface area contributed by atoms with Crippen LogP contribution >= 0.6 is 23.1 Å². The summed E-state index contributed by atoms with van der Waals surface area (Å²) >= 11 is 2.53. The van der Waals surface area contributed by atoms with E-state index in [1.54, 1.807) is 18.2 Å². The maximum absolute atomic E-state index is 13.8. The summed E-state index contributed by atoms with van der Waals surface area (Å²) in [5.74, 6) is -0.361. The van der Waals surface area contributed by atoms with Crippen molar-refractivity contribution in [3.05, 3.63) is 71.3 Å². The smallest absolute Gasteiger partial charge is 0.234 e. The Morgan fingerprint density at radius 2 is 1.84 bits per heavy atom. The van der Waals surface area contributed by atoms with Crippen molar-refractivity contribution in [2.75, 3.05) is 16.4 Å². The van der Waals surface area contributed by atoms with Gasteiger partial charge >= 0.3 is 0 Å². The average molecular weight is 469 g/mol. The third kappa shape index (κ3) is 4.97. The van der Waals surface area contributed by atoms with Gasteiger partial charge in [0.1, 0.15) is 5.82 Å². The lowest BCUT2D eigenvalue weighted by Crippen LogP contribution is -2.15. The molecule has 0 fully saturated rings. The predicted octanol–water partition coefficient (Wildman–Crippen LogP) is 5.26. The van der Waals surface area contributed by atoms with Crippen molar-refractivity contribution < 1.29 is 9.18 Å². The van der Waals surface area contributed by atoms with E-state index in [9.17, 15) is 9.18 Å². The number of anilines is 3. The van der Waals surface area contributed by atoms with Gasteiger partial charge in [-0.3, -0.25) is 4.79 Å². The van der Waals surface area contributed by atoms with E-state index in [0.29, 0.717) is 20.8 Å². The van der Waals surface area contributed by atoms with Gasteiger partial charge < -0.3 is 10.6 Å². The van der Waals surface area contributed by atoms with Crippen molar-refractivity contribution in [1.29, 1.82) is 0 Å². The second kappa shape index (κ2) is 9.49. The van der Waals surface area contributed by atoms with Gasteiger partial charge in [0.15, 0.2) is 4.34 Å². The lowest BCUT2D eigenvalue weighted by molar-refractivity contribution is -0.113. The molecule has 0 saturated carbocycles. The fourth-order valence-electron chi connectivity index (χ4n) is 3.06. The molecular weight excluding hydrogens is 447 g/mol. The number of hydrogen-bond donors (Lipinski definition) is 2. The highest BCUT2D eigenvalue weighted by Gasteiger charge is 2.16. The fraction of sp³-hybridized carbons (Fsp3) is 0.182. The maximum Gasteiger partial charge on any atom is 0.234 e. The van der Waals surface area contributed by atoms with E-state index in [1.807, 2.05) is 49.7 Å². The van der Waals surface area contributed by atoms with Crippen LogP contribution in [0.4, 0.5) is 20.9 Å². The van der Waals surface area contributed by atoms with Crippen LogP contribution in [-0.2, 0) is 4.79 Å². The van der Waals surface area contributed by atoms with E-state index in [0.717, 1.165) is 17.1 Å². The molecule has 2 aromatic carbocycles. The third-order valence-corrected chi connectivity index (χ3v) is 6.65. The summed E-state index contributed by atoms with van der Waals surface area (Å²) in [5, 5.41) is 19.0. The normalized spacial score (nSPS) is 10.9. The van der Waals surface area contributed by atoms with Crippen LogP contribution in [0.15, 0.2) is 52.9 Å². The summed E-state index contributed by atoms with van der Waals surface area (Å²) in [6, 6.07) is 14.4. The number of rotatable bonds is 7. The molecule has 0 aliphatic rings. The van der Waals surface area contributed by atoms with Crippen LogP contribution < -0.4 is 10.6 Å². The summed E-state index contributed by atoms with van der Waals surface area (Å²) < 4.78 is 16.2. The summed E-state index contributed by atoms with van der Waals surface area (Å²) in [6.07, 6.45) is 0. The Kier molecular flexibility index (Phi) is 6.52. The zero-order valence-electron chi connectivity index (χ0n) is 17.7. The molecular formula is C22H21FN6OS2. The Morgan fingerprint density at radius 1 is 1.09 bits per heavy atom. The fourth-order valence-corrected chi connectivity index (χ4v) is 4.62. The molecule has 7 nitrogen and oxygen atoms in total. The van der Waals surface area contributed by atoms with Gasteiger partial charge in [0.25, 0.3) is 0 Å². The number of hydrogen-bond acceptors (Lipinski definition) is 7. The summed E-state index contributed by atoms with van der Waals surface area (Å²) in [7, 11) is 0. The molecule has 0 atom stereocenters. The number of thioether (sulfide) groups is 1. The quantitative estimate of drug-likeness (QED) is 0.360. The summed E-state index contributed by atoms with van der Waals surface area (Å²) in [6.45, 7) is 5.82. The van der Waals surface area contributed by atoms with Gasteiger partial charge in [0, 0.05) is 0 Å². The number of carbonyl (C=O) groups excluding carboxylic acids is 1. The van der Waals surface area contributed by atoms with E-state index < -0.39 is 0 Å². The molecule has 2 heterocycles. The molecule has 4 rings (SSSR count). The van der Waals surface area contributed by atoms with Crippen LogP contribution in [-0.4, -0.2) is 31.6 Å². The zero-order chi connectivity index (χ0) is 22.7. The number of para-hydroxylation sites is 1. The molecule has 0 aliphatic carbocycles. The first-order valence-corrected chi connectivity index (χ1v) is 11.6. The number of benzene rings is 2. The Hall–Kier alpha value is -3.24. The van der Waals surface area contributed by atoms with Gasteiger partial charge in [0.2, 0.25) is 11.0 Å². The number of amides is 1. The van der Waals surface area contributed by atoms with Gasteiger partial charge in [-0.2, -0.15) is 5.10 Å². The average Bonchev–Trinajstić information content (AvgIpc) is 3.34. The molecule has 164 valence electrons. The SMILES string of the molecule is Cc1ccc(-n2nc(C)c(NC(=O)CSc3nnc(Nc4ccccc4F)s3)c2C)cc1. The van der Waals surface area contributed by atoms with Crippen molar-refractivity contribution in [3.8, 4) is 5.69 Å². The van der Waals surface area contributed by atoms with Crippen LogP contribution in [0.5, 0.6) is 0 Å². The Morgan fingerprint density at radius 3 is 2.59 bits per heavy atom. The number of aryl methyl sites for hydroxylation is 2. The van der Waals surface area contributed by atoms with Crippen molar-refractivity contribution in [1.82, 2.24) is 20.0 Å². The number of nitrogens with one attached hydrogen (secondary N) is 2. The van der Waals surface area contributed by atoms with Gasteiger partial charge in [-0.15, -0.1) is 10.2 Å². The molecule has 1 amide bonds. The highest BCUT2D eigenvalue weighted by Crippen LogP contribution is 2.29. The first-order valence-electron chi connectivity index (χ1n) is 9.81. The first-order chi connectivity index (χ1) is 15.4. The first kappa shape index (κ1) is 22.0. The van der Waals surface area contributed by atoms with Gasteiger partial charge in [-0.05, 0) is 45.0 Å². The topological polar surface area (TPSA) is 84.7 Å². The number of aromatic nitrogens is 4. The molecule has 4 aromatic rings. The van der Waals surface area contributed by atoms with Crippen molar-refractivity contribution in [2.45, 2.75) is 25.1 Å². The van der Waals surface area contributed by atoms with E-state index in [2.05, 4.69) is 25.9 Å². The monoisotopic (exact) mass is 468 g/mol. The molecule has 0 unspecified atom stereocenters. The third-order valence-electron chi connectivity index (χ3n) is 4.68. The van der Waals surface area contributed by atoms with Crippen LogP contribution in [0.2, 0.25) is 0 Å². The lowest BCUT2D eigenvalue weighted by atomic mass is 10.2. The molecule has 0 spiro atoms. The minimum Gasteiger partial charge on any atom is -0.328 e. The molecule has 2 N–H and O–H groups in total. The second-order valence-electron chi connectivity index (χ2n) is 7.11. The molecule has 0 radical (unpaired) electrons. The van der Waals surface area contributed by atoms with Crippen molar-refractivity contribution >= 4 is 45.5 Å². The highest BCUT2D eigenvalue weighted by molar-refractivity contribution is 8.01. The van der Waals surface area contributed by atoms with Crippen LogP contribution in [0, 0.1) is 26.6 Å². The number of nitrogens with zero attached hydrogens (tertiary/aromatic N) is 4. The Bertz CT molecular complexity index is 1250. The lowest BCUT2D eigenvalue weighted by Gasteiger charge is -2.07. The van der Waals surface area contributed by atoms with Gasteiger partial charge in [-0.1, -0.05) is 52.9 Å². The maximum atomic E-state index is 13.8. The van der Waals surface area contributed by atoms with Crippen LogP contribution in [0.3, 0.4) is 0 Å². The van der Waals surface area contributed by atoms with Crippen molar-refractivity contribution in [2.24, 2.45) is 0 Å². The molecule has 10 heteroatoms. The zero-order valence-corrected chi connectivity index (χ0v) is 19.4. The molecule has 0 aliphatic heterocycles. The highest BCUT2D eigenvalue weighted by atomic mass is 32.2. The van der Waals surface area contributed by atoms with Crippen LogP contribution in [0.1, 0.15) is 17.0 Å². The Balaban J connectivity index is 1.37. The van der Waals surface area contributed by atoms with E-state index >= 15 is 0 Å². The van der Waals surface area contributed by atoms with Gasteiger partial charge in [-0.25, -0.2) is 9.07 Å². The number of carbonyl (C=O) groups is 1.